The summed E-state index contributed by atoms with van der Waals surface area (Å²) in [7, 11) is 0. The molecule has 2 heterocycles. The first-order chi connectivity index (χ1) is 23.7. The first-order valence-electron chi connectivity index (χ1n) is 16.6. The molecule has 0 radical (unpaired) electrons. The van der Waals surface area contributed by atoms with Crippen LogP contribution in [0.15, 0.2) is 24.3 Å². The molecule has 4 N–H and O–H groups in total. The monoisotopic (exact) mass is 764 g/mol. The summed E-state index contributed by atoms with van der Waals surface area (Å²) >= 11 is 13.1. The van der Waals surface area contributed by atoms with E-state index in [4.69, 9.17) is 23.2 Å². The standard InChI is InChI=1S/C34H40Cl2F6N6O3/c1-32(2,39)30(50)43-16-18-4-9-22(35)28(27(18)36)46-31-45-23-14-21(29(49)44-20-7-5-19(6-8-20)34(40,41)42)24(15-25(23)48(31)17-26(37)38)47-12-10-33(3,51)11-13-47/h4,9,14-15,19-20,26,51H,5-8,10-13,16-17H2,1-3H3,(H,43,50)(H,44,49)(H,45,46). The Kier molecular flexibility index (Phi) is 11.3. The number of amides is 2. The molecule has 3 aromatic rings. The molecule has 0 unspecified atom stereocenters. The van der Waals surface area contributed by atoms with Crippen molar-refractivity contribution >= 4 is 63.4 Å². The van der Waals surface area contributed by atoms with Gasteiger partial charge in [0.05, 0.1) is 56.1 Å². The Morgan fingerprint density at radius 3 is 2.29 bits per heavy atom. The van der Waals surface area contributed by atoms with Gasteiger partial charge >= 0.3 is 6.18 Å². The molecule has 1 saturated carbocycles. The van der Waals surface area contributed by atoms with E-state index in [0.717, 1.165) is 13.8 Å². The van der Waals surface area contributed by atoms with Crippen LogP contribution in [0.3, 0.4) is 0 Å². The van der Waals surface area contributed by atoms with Crippen molar-refractivity contribution in [1.29, 1.82) is 0 Å². The SMILES string of the molecule is CC1(O)CCN(c2cc3c(cc2C(=O)NC2CCC(C(F)(F)F)CC2)nc(Nc2c(Cl)ccc(CNC(=O)C(C)(C)F)c2Cl)n3CC(F)F)CC1. The predicted molar refractivity (Wildman–Crippen MR) is 184 cm³/mol. The lowest BCUT2D eigenvalue weighted by atomic mass is 9.85. The second-order valence-corrected chi connectivity index (χ2v) is 14.8. The van der Waals surface area contributed by atoms with Gasteiger partial charge in [0.2, 0.25) is 5.95 Å². The van der Waals surface area contributed by atoms with Gasteiger partial charge in [0, 0.05) is 25.7 Å². The summed E-state index contributed by atoms with van der Waals surface area (Å²) in [6.07, 6.45) is -6.32. The van der Waals surface area contributed by atoms with Crippen LogP contribution in [0.5, 0.6) is 0 Å². The minimum Gasteiger partial charge on any atom is -0.390 e. The maximum absolute atomic E-state index is 14.1. The largest absolute Gasteiger partial charge is 0.391 e. The first kappa shape index (κ1) is 38.8. The summed E-state index contributed by atoms with van der Waals surface area (Å²) in [5, 5.41) is 19.0. The molecule has 2 fully saturated rings. The number of aliphatic hydroxyl groups is 1. The van der Waals surface area contributed by atoms with E-state index in [2.05, 4.69) is 20.9 Å². The van der Waals surface area contributed by atoms with Crippen LogP contribution in [0.25, 0.3) is 11.0 Å². The number of hydrogen-bond donors (Lipinski definition) is 4. The molecule has 0 atom stereocenters. The van der Waals surface area contributed by atoms with Gasteiger partial charge in [-0.25, -0.2) is 18.2 Å². The van der Waals surface area contributed by atoms with Gasteiger partial charge in [-0.15, -0.1) is 0 Å². The number of alkyl halides is 6. The number of carbonyl (C=O) groups is 2. The van der Waals surface area contributed by atoms with Gasteiger partial charge in [-0.3, -0.25) is 9.59 Å². The van der Waals surface area contributed by atoms with Gasteiger partial charge in [-0.2, -0.15) is 13.2 Å². The molecule has 1 aliphatic carbocycles. The highest BCUT2D eigenvalue weighted by Gasteiger charge is 2.42. The Hall–Kier alpha value is -3.43. The zero-order valence-corrected chi connectivity index (χ0v) is 29.8. The highest BCUT2D eigenvalue weighted by molar-refractivity contribution is 6.39. The van der Waals surface area contributed by atoms with E-state index < -0.39 is 54.2 Å². The number of rotatable bonds is 10. The number of aromatic nitrogens is 2. The lowest BCUT2D eigenvalue weighted by molar-refractivity contribution is -0.182. The van der Waals surface area contributed by atoms with E-state index in [0.29, 0.717) is 37.2 Å². The summed E-state index contributed by atoms with van der Waals surface area (Å²) in [5.41, 5.74) is -1.69. The maximum Gasteiger partial charge on any atom is 0.391 e. The van der Waals surface area contributed by atoms with E-state index >= 15 is 0 Å². The third-order valence-electron chi connectivity index (χ3n) is 9.52. The number of anilines is 3. The third-order valence-corrected chi connectivity index (χ3v) is 10.3. The molecule has 0 spiro atoms. The number of piperidine rings is 1. The molecule has 5 rings (SSSR count). The molecular weight excluding hydrogens is 725 g/mol. The number of benzene rings is 2. The molecule has 2 aliphatic rings. The van der Waals surface area contributed by atoms with Crippen molar-refractivity contribution in [3.05, 3.63) is 45.4 Å². The van der Waals surface area contributed by atoms with Gasteiger partial charge in [-0.05, 0) is 83.1 Å². The minimum absolute atomic E-state index is 0.0245. The zero-order chi connectivity index (χ0) is 37.5. The smallest absolute Gasteiger partial charge is 0.390 e. The molecule has 1 aliphatic heterocycles. The summed E-state index contributed by atoms with van der Waals surface area (Å²) in [4.78, 5) is 32.3. The van der Waals surface area contributed by atoms with Crippen LogP contribution in [-0.2, 0) is 17.9 Å². The van der Waals surface area contributed by atoms with Crippen LogP contribution in [0, 0.1) is 5.92 Å². The Balaban J connectivity index is 1.52. The van der Waals surface area contributed by atoms with Crippen molar-refractivity contribution in [3.8, 4) is 0 Å². The summed E-state index contributed by atoms with van der Waals surface area (Å²) < 4.78 is 83.2. The van der Waals surface area contributed by atoms with Gasteiger partial charge in [0.25, 0.3) is 18.2 Å². The number of hydrogen-bond acceptors (Lipinski definition) is 6. The number of imidazole rings is 1. The number of nitrogens with one attached hydrogen (secondary N) is 3. The molecule has 1 saturated heterocycles. The lowest BCUT2D eigenvalue weighted by Crippen LogP contribution is -2.44. The highest BCUT2D eigenvalue weighted by Crippen LogP contribution is 2.40. The molecule has 2 aromatic carbocycles. The summed E-state index contributed by atoms with van der Waals surface area (Å²) in [6.45, 7) is 3.63. The quantitative estimate of drug-likeness (QED) is 0.156. The Morgan fingerprint density at radius 2 is 1.71 bits per heavy atom. The predicted octanol–water partition coefficient (Wildman–Crippen LogP) is 7.92. The highest BCUT2D eigenvalue weighted by atomic mass is 35.5. The number of nitrogens with zero attached hydrogens (tertiary/aromatic N) is 3. The Bertz CT molecular complexity index is 1760. The zero-order valence-electron chi connectivity index (χ0n) is 28.2. The van der Waals surface area contributed by atoms with Crippen LogP contribution in [-0.4, -0.2) is 69.5 Å². The van der Waals surface area contributed by atoms with E-state index in [-0.39, 0.29) is 70.5 Å². The molecule has 0 bridgehead atoms. The second kappa shape index (κ2) is 14.9. The molecule has 17 heteroatoms. The lowest BCUT2D eigenvalue weighted by Gasteiger charge is -2.38. The normalized spacial score (nSPS) is 19.7. The Morgan fingerprint density at radius 1 is 1.06 bits per heavy atom. The fourth-order valence-electron chi connectivity index (χ4n) is 6.42. The van der Waals surface area contributed by atoms with Crippen LogP contribution >= 0.6 is 23.2 Å². The average Bonchev–Trinajstić information content (AvgIpc) is 3.36. The molecule has 1 aromatic heterocycles. The second-order valence-electron chi connectivity index (χ2n) is 14.0. The molecule has 9 nitrogen and oxygen atoms in total. The van der Waals surface area contributed by atoms with Gasteiger partial charge < -0.3 is 30.5 Å². The third kappa shape index (κ3) is 9.15. The number of carbonyl (C=O) groups excluding carboxylic acids is 2. The maximum atomic E-state index is 14.1. The first-order valence-corrected chi connectivity index (χ1v) is 17.4. The topological polar surface area (TPSA) is 112 Å². The van der Waals surface area contributed by atoms with Gasteiger partial charge in [0.1, 0.15) is 0 Å². The fourth-order valence-corrected chi connectivity index (χ4v) is 6.96. The van der Waals surface area contributed by atoms with Crippen LogP contribution in [0.1, 0.15) is 75.2 Å². The van der Waals surface area contributed by atoms with Crippen LogP contribution in [0.2, 0.25) is 10.0 Å². The van der Waals surface area contributed by atoms with Gasteiger partial charge in [0.15, 0.2) is 5.67 Å². The number of fused-ring (bicyclic) bond motifs is 1. The Labute approximate surface area is 301 Å². The average molecular weight is 766 g/mol. The van der Waals surface area contributed by atoms with E-state index in [9.17, 15) is 41.0 Å². The molecule has 51 heavy (non-hydrogen) atoms. The van der Waals surface area contributed by atoms with Crippen molar-refractivity contribution in [2.45, 2.75) is 102 Å². The van der Waals surface area contributed by atoms with Gasteiger partial charge in [-0.1, -0.05) is 29.3 Å². The van der Waals surface area contributed by atoms with E-state index in [1.54, 1.807) is 13.0 Å². The van der Waals surface area contributed by atoms with E-state index in [1.807, 2.05) is 4.90 Å². The summed E-state index contributed by atoms with van der Waals surface area (Å²) in [6, 6.07) is 5.51. The van der Waals surface area contributed by atoms with Crippen molar-refractivity contribution in [3.63, 3.8) is 0 Å². The molecule has 280 valence electrons. The van der Waals surface area contributed by atoms with Crippen LogP contribution in [0.4, 0.5) is 43.7 Å². The van der Waals surface area contributed by atoms with Crippen molar-refractivity contribution in [2.75, 3.05) is 23.3 Å². The molecular formula is C34H40Cl2F6N6O3. The van der Waals surface area contributed by atoms with Crippen molar-refractivity contribution in [2.24, 2.45) is 5.92 Å². The van der Waals surface area contributed by atoms with Crippen molar-refractivity contribution < 1.29 is 41.0 Å². The van der Waals surface area contributed by atoms with Crippen molar-refractivity contribution in [1.82, 2.24) is 20.2 Å². The van der Waals surface area contributed by atoms with Crippen LogP contribution < -0.4 is 20.9 Å². The summed E-state index contributed by atoms with van der Waals surface area (Å²) in [5.74, 6) is -2.93. The molecule has 2 amide bonds. The fraction of sp³-hybridized carbons (Fsp3) is 0.559. The minimum atomic E-state index is -4.30. The van der Waals surface area contributed by atoms with E-state index in [1.165, 1.54) is 22.8 Å². The number of halogens is 8.